The fourth-order valence-corrected chi connectivity index (χ4v) is 3.56. The molecule has 0 atom stereocenters. The summed E-state index contributed by atoms with van der Waals surface area (Å²) in [5.41, 5.74) is 2.40. The van der Waals surface area contributed by atoms with Crippen molar-refractivity contribution in [3.63, 3.8) is 0 Å². The number of hydrogen-bond acceptors (Lipinski definition) is 4. The van der Waals surface area contributed by atoms with E-state index in [1.807, 2.05) is 44.0 Å². The van der Waals surface area contributed by atoms with Crippen LogP contribution >= 0.6 is 0 Å². The Morgan fingerprint density at radius 3 is 2.43 bits per heavy atom. The van der Waals surface area contributed by atoms with Crippen molar-refractivity contribution < 1.29 is 14.7 Å². The molecule has 6 nitrogen and oxygen atoms in total. The number of rotatable bonds is 4. The number of amides is 1. The number of carbonyl (C=O) groups is 2. The van der Waals surface area contributed by atoms with Gasteiger partial charge in [0.25, 0.3) is 0 Å². The molecule has 0 spiro atoms. The van der Waals surface area contributed by atoms with E-state index in [1.54, 1.807) is 12.3 Å². The second-order valence-corrected chi connectivity index (χ2v) is 8.51. The highest BCUT2D eigenvalue weighted by Crippen LogP contribution is 2.26. The Morgan fingerprint density at radius 2 is 1.86 bits per heavy atom. The number of aromatic nitrogens is 2. The number of piperidine rings is 1. The van der Waals surface area contributed by atoms with E-state index in [1.165, 1.54) is 6.20 Å². The Bertz CT molecular complexity index is 848. The van der Waals surface area contributed by atoms with Crippen LogP contribution in [0.3, 0.4) is 0 Å². The van der Waals surface area contributed by atoms with Gasteiger partial charge in [-0.15, -0.1) is 0 Å². The molecule has 0 unspecified atom stereocenters. The van der Waals surface area contributed by atoms with Crippen LogP contribution in [0.2, 0.25) is 0 Å². The summed E-state index contributed by atoms with van der Waals surface area (Å²) >= 11 is 0. The summed E-state index contributed by atoms with van der Waals surface area (Å²) < 4.78 is 0. The van der Waals surface area contributed by atoms with Crippen LogP contribution < -0.4 is 0 Å². The molecular weight excluding hydrogens is 354 g/mol. The van der Waals surface area contributed by atoms with Gasteiger partial charge >= 0.3 is 5.97 Å². The summed E-state index contributed by atoms with van der Waals surface area (Å²) in [6.45, 7) is 7.54. The first kappa shape index (κ1) is 20.0. The largest absolute Gasteiger partial charge is 0.478 e. The van der Waals surface area contributed by atoms with Crippen LogP contribution in [0.1, 0.15) is 49.5 Å². The molecule has 148 valence electrons. The molecule has 2 aromatic rings. The van der Waals surface area contributed by atoms with Gasteiger partial charge in [-0.05, 0) is 42.9 Å². The van der Waals surface area contributed by atoms with E-state index in [0.29, 0.717) is 17.2 Å². The highest BCUT2D eigenvalue weighted by molar-refractivity contribution is 5.88. The number of nitrogens with zero attached hydrogens (tertiary/aromatic N) is 3. The molecule has 3 heterocycles. The van der Waals surface area contributed by atoms with Crippen LogP contribution in [0.4, 0.5) is 0 Å². The average Bonchev–Trinajstić information content (AvgIpc) is 2.68. The Kier molecular flexibility index (Phi) is 5.77. The van der Waals surface area contributed by atoms with Crippen molar-refractivity contribution in [2.75, 3.05) is 13.1 Å². The summed E-state index contributed by atoms with van der Waals surface area (Å²) in [5.74, 6) is -0.218. The minimum absolute atomic E-state index is 0.153. The number of carbonyl (C=O) groups excluding carboxylic acids is 1. The highest BCUT2D eigenvalue weighted by atomic mass is 16.4. The number of carboxylic acid groups (broad SMARTS) is 1. The van der Waals surface area contributed by atoms with Crippen LogP contribution in [0.15, 0.2) is 36.8 Å². The molecule has 1 fully saturated rings. The summed E-state index contributed by atoms with van der Waals surface area (Å²) in [6.07, 6.45) is 7.77. The molecule has 1 aliphatic heterocycles. The van der Waals surface area contributed by atoms with Gasteiger partial charge in [-0.1, -0.05) is 26.8 Å². The van der Waals surface area contributed by atoms with Gasteiger partial charge in [0.05, 0.1) is 11.3 Å². The molecule has 1 saturated heterocycles. The van der Waals surface area contributed by atoms with Crippen molar-refractivity contribution in [1.82, 2.24) is 14.9 Å². The molecule has 1 aliphatic rings. The lowest BCUT2D eigenvalue weighted by Crippen LogP contribution is -2.44. The zero-order chi connectivity index (χ0) is 20.3. The predicted octanol–water partition coefficient (Wildman–Crippen LogP) is 3.67. The third kappa shape index (κ3) is 4.74. The zero-order valence-corrected chi connectivity index (χ0v) is 16.7. The van der Waals surface area contributed by atoms with Gasteiger partial charge in [0, 0.05) is 42.7 Å². The van der Waals surface area contributed by atoms with Crippen molar-refractivity contribution in [1.29, 1.82) is 0 Å². The van der Waals surface area contributed by atoms with Crippen molar-refractivity contribution in [3.8, 4) is 11.3 Å². The third-order valence-electron chi connectivity index (χ3n) is 5.17. The van der Waals surface area contributed by atoms with Crippen LogP contribution in [0.5, 0.6) is 0 Å². The number of hydrogen-bond donors (Lipinski definition) is 1. The summed E-state index contributed by atoms with van der Waals surface area (Å²) in [6, 6.07) is 5.54. The van der Waals surface area contributed by atoms with E-state index in [4.69, 9.17) is 5.11 Å². The lowest BCUT2D eigenvalue weighted by molar-refractivity contribution is -0.140. The highest BCUT2D eigenvalue weighted by Gasteiger charge is 2.30. The summed E-state index contributed by atoms with van der Waals surface area (Å²) in [4.78, 5) is 34.0. The van der Waals surface area contributed by atoms with Crippen LogP contribution in [-0.4, -0.2) is 44.9 Å². The molecule has 2 aromatic heterocycles. The molecule has 6 heteroatoms. The number of pyridine rings is 2. The predicted molar refractivity (Wildman–Crippen MR) is 107 cm³/mol. The lowest BCUT2D eigenvalue weighted by atomic mass is 9.88. The number of likely N-dealkylation sites (tertiary alicyclic amines) is 1. The van der Waals surface area contributed by atoms with Gasteiger partial charge in [-0.2, -0.15) is 0 Å². The fraction of sp³-hybridized carbons (Fsp3) is 0.455. The van der Waals surface area contributed by atoms with Crippen molar-refractivity contribution in [3.05, 3.63) is 47.9 Å². The second-order valence-electron chi connectivity index (χ2n) is 8.51. The molecule has 0 saturated carbocycles. The Balaban J connectivity index is 1.59. The molecule has 28 heavy (non-hydrogen) atoms. The van der Waals surface area contributed by atoms with Crippen molar-refractivity contribution in [2.45, 2.75) is 40.0 Å². The molecule has 0 radical (unpaired) electrons. The van der Waals surface area contributed by atoms with Crippen molar-refractivity contribution in [2.24, 2.45) is 11.3 Å². The van der Waals surface area contributed by atoms with E-state index in [-0.39, 0.29) is 16.9 Å². The van der Waals surface area contributed by atoms with Gasteiger partial charge in [-0.3, -0.25) is 14.8 Å². The maximum absolute atomic E-state index is 12.4. The van der Waals surface area contributed by atoms with Gasteiger partial charge in [-0.25, -0.2) is 4.79 Å². The van der Waals surface area contributed by atoms with Crippen molar-refractivity contribution >= 4 is 11.9 Å². The first-order chi connectivity index (χ1) is 13.2. The van der Waals surface area contributed by atoms with Gasteiger partial charge in [0.2, 0.25) is 5.91 Å². The van der Waals surface area contributed by atoms with E-state index < -0.39 is 5.97 Å². The Morgan fingerprint density at radius 1 is 1.14 bits per heavy atom. The van der Waals surface area contributed by atoms with E-state index in [2.05, 4.69) is 9.97 Å². The van der Waals surface area contributed by atoms with Gasteiger partial charge < -0.3 is 10.0 Å². The Hall–Kier alpha value is -2.76. The standard InChI is InChI=1S/C22H27N3O3/c1-22(2,3)21(28)25-8-6-15(7-9-25)10-16-4-5-19(24-12-16)17-11-18(20(26)27)14-23-13-17/h4-5,11-15H,6-10H2,1-3H3,(H,26,27). The molecule has 0 aromatic carbocycles. The minimum atomic E-state index is -0.998. The van der Waals surface area contributed by atoms with Gasteiger partial charge in [0.1, 0.15) is 0 Å². The van der Waals surface area contributed by atoms with Crippen LogP contribution in [-0.2, 0) is 11.2 Å². The van der Waals surface area contributed by atoms with Crippen LogP contribution in [0, 0.1) is 11.3 Å². The number of aromatic carboxylic acids is 1. The first-order valence-electron chi connectivity index (χ1n) is 9.67. The minimum Gasteiger partial charge on any atom is -0.478 e. The molecule has 1 amide bonds. The second kappa shape index (κ2) is 8.09. The summed E-state index contributed by atoms with van der Waals surface area (Å²) in [7, 11) is 0. The number of carboxylic acids is 1. The quantitative estimate of drug-likeness (QED) is 0.874. The smallest absolute Gasteiger partial charge is 0.337 e. The average molecular weight is 381 g/mol. The topological polar surface area (TPSA) is 83.4 Å². The Labute approximate surface area is 165 Å². The fourth-order valence-electron chi connectivity index (χ4n) is 3.56. The monoisotopic (exact) mass is 381 g/mol. The molecular formula is C22H27N3O3. The molecule has 1 N–H and O–H groups in total. The zero-order valence-electron chi connectivity index (χ0n) is 16.7. The third-order valence-corrected chi connectivity index (χ3v) is 5.17. The first-order valence-corrected chi connectivity index (χ1v) is 9.67. The van der Waals surface area contributed by atoms with Gasteiger partial charge in [0.15, 0.2) is 0 Å². The molecule has 3 rings (SSSR count). The molecule has 0 aliphatic carbocycles. The lowest BCUT2D eigenvalue weighted by Gasteiger charge is -2.35. The SMILES string of the molecule is CC(C)(C)C(=O)N1CCC(Cc2ccc(-c3cncc(C(=O)O)c3)nc2)CC1. The van der Waals surface area contributed by atoms with E-state index >= 15 is 0 Å². The maximum Gasteiger partial charge on any atom is 0.337 e. The normalized spacial score (nSPS) is 15.5. The van der Waals surface area contributed by atoms with E-state index in [9.17, 15) is 9.59 Å². The van der Waals surface area contributed by atoms with Crippen LogP contribution in [0.25, 0.3) is 11.3 Å². The van der Waals surface area contributed by atoms with E-state index in [0.717, 1.165) is 37.9 Å². The summed E-state index contributed by atoms with van der Waals surface area (Å²) in [5, 5.41) is 9.10. The molecule has 0 bridgehead atoms. The maximum atomic E-state index is 12.4.